The number of rotatable bonds is 5. The van der Waals surface area contributed by atoms with Crippen molar-refractivity contribution in [2.45, 2.75) is 17.4 Å². The molecule has 3 nitrogen and oxygen atoms in total. The molecule has 0 aliphatic rings. The predicted octanol–water partition coefficient (Wildman–Crippen LogP) is 2.72. The second kappa shape index (κ2) is 6.15. The van der Waals surface area contributed by atoms with Crippen molar-refractivity contribution in [1.29, 1.82) is 0 Å². The number of aliphatic hydroxyl groups is 1. The standard InChI is InChI=1S/C15H15FO3S/c16-13-8-6-12(7-9-13)15(17)10-11-20(18,19)14-4-2-1-3-5-14/h1-9,15,17H,10-11H2. The highest BCUT2D eigenvalue weighted by Crippen LogP contribution is 2.20. The Morgan fingerprint density at radius 3 is 2.20 bits per heavy atom. The van der Waals surface area contributed by atoms with Crippen molar-refractivity contribution >= 4 is 9.84 Å². The molecular formula is C15H15FO3S. The van der Waals surface area contributed by atoms with E-state index in [-0.39, 0.29) is 17.1 Å². The van der Waals surface area contributed by atoms with Gasteiger partial charge in [-0.2, -0.15) is 0 Å². The fourth-order valence-electron chi connectivity index (χ4n) is 1.86. The first-order chi connectivity index (χ1) is 9.49. The van der Waals surface area contributed by atoms with E-state index in [0.29, 0.717) is 5.56 Å². The molecule has 2 rings (SSSR count). The van der Waals surface area contributed by atoms with E-state index in [1.807, 2.05) is 0 Å². The summed E-state index contributed by atoms with van der Waals surface area (Å²) in [7, 11) is -3.41. The molecule has 0 aliphatic heterocycles. The van der Waals surface area contributed by atoms with Crippen LogP contribution in [0.4, 0.5) is 4.39 Å². The molecule has 0 bridgehead atoms. The highest BCUT2D eigenvalue weighted by atomic mass is 32.2. The molecule has 0 heterocycles. The van der Waals surface area contributed by atoms with Gasteiger partial charge in [0.05, 0.1) is 16.8 Å². The summed E-state index contributed by atoms with van der Waals surface area (Å²) in [4.78, 5) is 0.242. The van der Waals surface area contributed by atoms with Gasteiger partial charge in [0.15, 0.2) is 9.84 Å². The molecule has 0 aromatic heterocycles. The van der Waals surface area contributed by atoms with Crippen LogP contribution in [0.1, 0.15) is 18.1 Å². The Morgan fingerprint density at radius 1 is 1.00 bits per heavy atom. The maximum Gasteiger partial charge on any atom is 0.178 e. The third kappa shape index (κ3) is 3.65. The van der Waals surface area contributed by atoms with E-state index in [1.165, 1.54) is 36.4 Å². The smallest absolute Gasteiger partial charge is 0.178 e. The van der Waals surface area contributed by atoms with Crippen LogP contribution in [-0.4, -0.2) is 19.3 Å². The number of sulfone groups is 1. The van der Waals surface area contributed by atoms with E-state index >= 15 is 0 Å². The summed E-state index contributed by atoms with van der Waals surface area (Å²) in [5.41, 5.74) is 0.509. The normalized spacial score (nSPS) is 13.1. The maximum absolute atomic E-state index is 12.8. The SMILES string of the molecule is O=S(=O)(CCC(O)c1ccc(F)cc1)c1ccccc1. The topological polar surface area (TPSA) is 54.4 Å². The number of halogens is 1. The summed E-state index contributed by atoms with van der Waals surface area (Å²) in [6.07, 6.45) is -0.850. The second-order valence-electron chi connectivity index (χ2n) is 4.49. The van der Waals surface area contributed by atoms with E-state index in [9.17, 15) is 17.9 Å². The van der Waals surface area contributed by atoms with Gasteiger partial charge >= 0.3 is 0 Å². The quantitative estimate of drug-likeness (QED) is 0.922. The summed E-state index contributed by atoms with van der Waals surface area (Å²) in [6.45, 7) is 0. The first kappa shape index (κ1) is 14.7. The molecule has 1 atom stereocenters. The molecule has 5 heteroatoms. The van der Waals surface area contributed by atoms with Crippen LogP contribution in [0.3, 0.4) is 0 Å². The lowest BCUT2D eigenvalue weighted by atomic mass is 10.1. The molecule has 0 aliphatic carbocycles. The zero-order valence-electron chi connectivity index (χ0n) is 10.7. The van der Waals surface area contributed by atoms with Crippen molar-refractivity contribution in [3.8, 4) is 0 Å². The van der Waals surface area contributed by atoms with Crippen molar-refractivity contribution in [3.63, 3.8) is 0 Å². The van der Waals surface area contributed by atoms with E-state index < -0.39 is 21.8 Å². The Morgan fingerprint density at radius 2 is 1.60 bits per heavy atom. The van der Waals surface area contributed by atoms with Gasteiger partial charge < -0.3 is 5.11 Å². The van der Waals surface area contributed by atoms with E-state index in [4.69, 9.17) is 0 Å². The molecular weight excluding hydrogens is 279 g/mol. The summed E-state index contributed by atoms with van der Waals surface area (Å²) < 4.78 is 36.9. The molecule has 1 unspecified atom stereocenters. The van der Waals surface area contributed by atoms with Crippen LogP contribution >= 0.6 is 0 Å². The predicted molar refractivity (Wildman–Crippen MR) is 74.5 cm³/mol. The van der Waals surface area contributed by atoms with E-state index in [1.54, 1.807) is 18.2 Å². The van der Waals surface area contributed by atoms with Gasteiger partial charge in [-0.25, -0.2) is 12.8 Å². The van der Waals surface area contributed by atoms with Crippen LogP contribution in [-0.2, 0) is 9.84 Å². The van der Waals surface area contributed by atoms with Gasteiger partial charge in [0.25, 0.3) is 0 Å². The number of hydrogen-bond donors (Lipinski definition) is 1. The fourth-order valence-corrected chi connectivity index (χ4v) is 3.21. The summed E-state index contributed by atoms with van der Waals surface area (Å²) >= 11 is 0. The summed E-state index contributed by atoms with van der Waals surface area (Å²) in [5.74, 6) is -0.548. The molecule has 106 valence electrons. The number of benzene rings is 2. The number of hydrogen-bond acceptors (Lipinski definition) is 3. The molecule has 0 spiro atoms. The van der Waals surface area contributed by atoms with Crippen LogP contribution in [0.2, 0.25) is 0 Å². The molecule has 20 heavy (non-hydrogen) atoms. The van der Waals surface area contributed by atoms with Gasteiger partial charge in [-0.1, -0.05) is 30.3 Å². The van der Waals surface area contributed by atoms with Crippen molar-refractivity contribution in [3.05, 3.63) is 66.0 Å². The lowest BCUT2D eigenvalue weighted by Gasteiger charge is -2.11. The molecule has 2 aromatic rings. The van der Waals surface area contributed by atoms with E-state index in [0.717, 1.165) is 0 Å². The Hall–Kier alpha value is -1.72. The van der Waals surface area contributed by atoms with Gasteiger partial charge in [0.2, 0.25) is 0 Å². The monoisotopic (exact) mass is 294 g/mol. The zero-order chi connectivity index (χ0) is 14.6. The van der Waals surface area contributed by atoms with Gasteiger partial charge in [0.1, 0.15) is 5.82 Å². The van der Waals surface area contributed by atoms with Crippen molar-refractivity contribution in [2.75, 3.05) is 5.75 Å². The van der Waals surface area contributed by atoms with Crippen LogP contribution in [0.15, 0.2) is 59.5 Å². The lowest BCUT2D eigenvalue weighted by Crippen LogP contribution is -2.10. The van der Waals surface area contributed by atoms with Crippen LogP contribution in [0.5, 0.6) is 0 Å². The largest absolute Gasteiger partial charge is 0.388 e. The molecule has 0 saturated carbocycles. The number of aliphatic hydroxyl groups excluding tert-OH is 1. The lowest BCUT2D eigenvalue weighted by molar-refractivity contribution is 0.174. The molecule has 0 amide bonds. The van der Waals surface area contributed by atoms with Crippen LogP contribution in [0, 0.1) is 5.82 Å². The zero-order valence-corrected chi connectivity index (χ0v) is 11.6. The van der Waals surface area contributed by atoms with Crippen molar-refractivity contribution in [2.24, 2.45) is 0 Å². The summed E-state index contributed by atoms with van der Waals surface area (Å²) in [6, 6.07) is 13.5. The first-order valence-corrected chi connectivity index (χ1v) is 7.85. The van der Waals surface area contributed by atoms with Gasteiger partial charge in [-0.3, -0.25) is 0 Å². The highest BCUT2D eigenvalue weighted by molar-refractivity contribution is 7.91. The highest BCUT2D eigenvalue weighted by Gasteiger charge is 2.17. The van der Waals surface area contributed by atoms with Gasteiger partial charge in [0, 0.05) is 0 Å². The molecule has 0 saturated heterocycles. The second-order valence-corrected chi connectivity index (χ2v) is 6.60. The Balaban J connectivity index is 2.03. The molecule has 0 fully saturated rings. The van der Waals surface area contributed by atoms with Crippen LogP contribution < -0.4 is 0 Å². The maximum atomic E-state index is 12.8. The average molecular weight is 294 g/mol. The molecule has 0 radical (unpaired) electrons. The minimum Gasteiger partial charge on any atom is -0.388 e. The summed E-state index contributed by atoms with van der Waals surface area (Å²) in [5, 5.41) is 9.93. The Bertz CT molecular complexity index is 651. The minimum absolute atomic E-state index is 0.0723. The van der Waals surface area contributed by atoms with Crippen molar-refractivity contribution in [1.82, 2.24) is 0 Å². The Labute approximate surface area is 117 Å². The van der Waals surface area contributed by atoms with Crippen molar-refractivity contribution < 1.29 is 17.9 Å². The average Bonchev–Trinajstić information content (AvgIpc) is 2.46. The van der Waals surface area contributed by atoms with Gasteiger partial charge in [-0.05, 0) is 36.2 Å². The third-order valence-electron chi connectivity index (χ3n) is 3.02. The van der Waals surface area contributed by atoms with E-state index in [2.05, 4.69) is 0 Å². The fraction of sp³-hybridized carbons (Fsp3) is 0.200. The third-order valence-corrected chi connectivity index (χ3v) is 4.78. The first-order valence-electron chi connectivity index (χ1n) is 6.20. The Kier molecular flexibility index (Phi) is 4.52. The minimum atomic E-state index is -3.41. The van der Waals surface area contributed by atoms with Crippen LogP contribution in [0.25, 0.3) is 0 Å². The molecule has 1 N–H and O–H groups in total. The molecule has 2 aromatic carbocycles. The van der Waals surface area contributed by atoms with Gasteiger partial charge in [-0.15, -0.1) is 0 Å².